The van der Waals surface area contributed by atoms with Crippen LogP contribution in [0.5, 0.6) is 0 Å². The molecule has 0 saturated heterocycles. The Balaban J connectivity index is 2.93. The van der Waals surface area contributed by atoms with Crippen molar-refractivity contribution in [2.24, 2.45) is 0 Å². The minimum Gasteiger partial charge on any atom is -0.215 e. The lowest BCUT2D eigenvalue weighted by atomic mass is 10.2. The summed E-state index contributed by atoms with van der Waals surface area (Å²) in [4.78, 5) is 0. The van der Waals surface area contributed by atoms with E-state index in [-0.39, 0.29) is 5.41 Å². The van der Waals surface area contributed by atoms with Crippen molar-refractivity contribution in [2.45, 2.75) is 5.51 Å². The van der Waals surface area contributed by atoms with Crippen LogP contribution in [-0.4, -0.2) is 13.9 Å². The quantitative estimate of drug-likeness (QED) is 0.790. The van der Waals surface area contributed by atoms with Crippen molar-refractivity contribution in [1.29, 1.82) is 0 Å². The lowest BCUT2D eigenvalue weighted by Crippen LogP contribution is -2.20. The molecule has 0 aliphatic carbocycles. The lowest BCUT2D eigenvalue weighted by molar-refractivity contribution is -0.0423. The van der Waals surface area contributed by atoms with Gasteiger partial charge in [0.25, 0.3) is 9.84 Å². The molecule has 0 spiro atoms. The number of alkyl halides is 3. The Hall–Kier alpha value is -1.30. The van der Waals surface area contributed by atoms with Crippen LogP contribution in [0.1, 0.15) is 5.56 Å². The molecule has 0 fully saturated rings. The lowest BCUT2D eigenvalue weighted by Gasteiger charge is -2.02. The number of sulfone groups is 1. The zero-order valence-electron chi connectivity index (χ0n) is 7.40. The fourth-order valence-corrected chi connectivity index (χ4v) is 1.30. The second-order valence-corrected chi connectivity index (χ2v) is 4.53. The Morgan fingerprint density at radius 2 is 1.60 bits per heavy atom. The van der Waals surface area contributed by atoms with E-state index in [9.17, 15) is 21.6 Å². The zero-order valence-corrected chi connectivity index (χ0v) is 8.22. The maximum absolute atomic E-state index is 11.9. The molecule has 0 aliphatic heterocycles. The van der Waals surface area contributed by atoms with Gasteiger partial charge in [-0.25, -0.2) is 8.42 Å². The smallest absolute Gasteiger partial charge is 0.215 e. The number of halogens is 3. The summed E-state index contributed by atoms with van der Waals surface area (Å²) in [6.07, 6.45) is 0.906. The molecule has 0 bridgehead atoms. The van der Waals surface area contributed by atoms with E-state index in [1.165, 1.54) is 12.1 Å². The molecule has 1 aromatic carbocycles. The molecule has 0 N–H and O–H groups in total. The van der Waals surface area contributed by atoms with Gasteiger partial charge in [0, 0.05) is 5.41 Å². The Kier molecular flexibility index (Phi) is 3.18. The third-order valence-corrected chi connectivity index (χ3v) is 2.70. The van der Waals surface area contributed by atoms with Crippen molar-refractivity contribution in [3.63, 3.8) is 0 Å². The molecule has 82 valence electrons. The molecule has 6 heteroatoms. The number of hydrogen-bond donors (Lipinski definition) is 0. The van der Waals surface area contributed by atoms with E-state index >= 15 is 0 Å². The summed E-state index contributed by atoms with van der Waals surface area (Å²) in [5.74, 6) is 0. The first-order chi connectivity index (χ1) is 6.83. The highest BCUT2D eigenvalue weighted by Crippen LogP contribution is 2.25. The summed E-state index contributed by atoms with van der Waals surface area (Å²) >= 11 is 0. The monoisotopic (exact) mass is 236 g/mol. The molecule has 0 saturated carbocycles. The van der Waals surface area contributed by atoms with E-state index in [1.807, 2.05) is 0 Å². The Bertz CT molecular complexity index is 446. The molecule has 1 aromatic rings. The van der Waals surface area contributed by atoms with Gasteiger partial charge >= 0.3 is 5.51 Å². The molecule has 15 heavy (non-hydrogen) atoms. The van der Waals surface area contributed by atoms with Crippen molar-refractivity contribution < 1.29 is 21.6 Å². The highest BCUT2D eigenvalue weighted by Gasteiger charge is 2.43. The van der Waals surface area contributed by atoms with Crippen LogP contribution in [0.4, 0.5) is 13.2 Å². The van der Waals surface area contributed by atoms with Gasteiger partial charge in [-0.2, -0.15) is 13.2 Å². The Morgan fingerprint density at radius 3 is 2.07 bits per heavy atom. The molecule has 0 radical (unpaired) electrons. The van der Waals surface area contributed by atoms with Gasteiger partial charge in [0.2, 0.25) is 0 Å². The van der Waals surface area contributed by atoms with Crippen LogP contribution in [0.3, 0.4) is 0 Å². The molecular formula is C9H7F3O2S. The first-order valence-electron chi connectivity index (χ1n) is 3.87. The van der Waals surface area contributed by atoms with Crippen molar-refractivity contribution in [3.05, 3.63) is 41.3 Å². The molecule has 0 aliphatic rings. The van der Waals surface area contributed by atoms with Gasteiger partial charge in [-0.3, -0.25) is 0 Å². The van der Waals surface area contributed by atoms with Crippen LogP contribution in [0.2, 0.25) is 0 Å². The predicted molar refractivity (Wildman–Crippen MR) is 50.5 cm³/mol. The summed E-state index contributed by atoms with van der Waals surface area (Å²) in [7, 11) is -5.18. The first kappa shape index (κ1) is 11.8. The maximum atomic E-state index is 11.9. The molecule has 0 amide bonds. The normalized spacial score (nSPS) is 13.3. The van der Waals surface area contributed by atoms with Gasteiger partial charge in [-0.15, -0.1) is 0 Å². The summed E-state index contributed by atoms with van der Waals surface area (Å²) in [5.41, 5.74) is -4.84. The Labute approximate surface area is 85.0 Å². The second-order valence-electron chi connectivity index (χ2n) is 2.70. The van der Waals surface area contributed by atoms with Crippen LogP contribution in [0, 0.1) is 0 Å². The van der Waals surface area contributed by atoms with Gasteiger partial charge in [0.15, 0.2) is 0 Å². The average Bonchev–Trinajstić information content (AvgIpc) is 2.15. The third-order valence-electron chi connectivity index (χ3n) is 1.56. The van der Waals surface area contributed by atoms with Gasteiger partial charge < -0.3 is 0 Å². The first-order valence-corrected chi connectivity index (χ1v) is 5.42. The topological polar surface area (TPSA) is 34.1 Å². The highest BCUT2D eigenvalue weighted by atomic mass is 32.2. The van der Waals surface area contributed by atoms with E-state index in [0.717, 1.165) is 6.08 Å². The van der Waals surface area contributed by atoms with Gasteiger partial charge in [-0.05, 0) is 11.6 Å². The van der Waals surface area contributed by atoms with Crippen LogP contribution >= 0.6 is 0 Å². The molecule has 0 aromatic heterocycles. The van der Waals surface area contributed by atoms with Crippen molar-refractivity contribution in [1.82, 2.24) is 0 Å². The van der Waals surface area contributed by atoms with E-state index in [1.54, 1.807) is 18.2 Å². The van der Waals surface area contributed by atoms with Gasteiger partial charge in [0.1, 0.15) is 0 Å². The fourth-order valence-electron chi connectivity index (χ4n) is 0.809. The van der Waals surface area contributed by atoms with Gasteiger partial charge in [-0.1, -0.05) is 30.3 Å². The van der Waals surface area contributed by atoms with Crippen molar-refractivity contribution in [3.8, 4) is 0 Å². The summed E-state index contributed by atoms with van der Waals surface area (Å²) in [6.45, 7) is 0. The molecule has 0 unspecified atom stereocenters. The molecule has 0 atom stereocenters. The summed E-state index contributed by atoms with van der Waals surface area (Å²) in [6, 6.07) is 7.88. The minimum absolute atomic E-state index is 0.155. The van der Waals surface area contributed by atoms with Crippen LogP contribution < -0.4 is 0 Å². The van der Waals surface area contributed by atoms with Crippen LogP contribution in [0.25, 0.3) is 6.08 Å². The molecule has 2 nitrogen and oxygen atoms in total. The van der Waals surface area contributed by atoms with Crippen LogP contribution in [-0.2, 0) is 9.84 Å². The SMILES string of the molecule is O=S(=O)(C=Cc1ccccc1)C(F)(F)F. The van der Waals surface area contributed by atoms with E-state index in [4.69, 9.17) is 0 Å². The highest BCUT2D eigenvalue weighted by molar-refractivity contribution is 7.95. The summed E-state index contributed by atoms with van der Waals surface area (Å²) < 4.78 is 56.9. The number of benzene rings is 1. The maximum Gasteiger partial charge on any atom is 0.501 e. The van der Waals surface area contributed by atoms with Crippen molar-refractivity contribution in [2.75, 3.05) is 0 Å². The van der Waals surface area contributed by atoms with E-state index in [0.29, 0.717) is 5.56 Å². The number of rotatable bonds is 2. The summed E-state index contributed by atoms with van der Waals surface area (Å²) in [5, 5.41) is 0.155. The average molecular weight is 236 g/mol. The molecule has 1 rings (SSSR count). The van der Waals surface area contributed by atoms with E-state index in [2.05, 4.69) is 0 Å². The van der Waals surface area contributed by atoms with E-state index < -0.39 is 15.3 Å². The fraction of sp³-hybridized carbons (Fsp3) is 0.111. The standard InChI is InChI=1S/C9H7F3O2S/c10-9(11,12)15(13,14)7-6-8-4-2-1-3-5-8/h1-7H. The predicted octanol–water partition coefficient (Wildman–Crippen LogP) is 2.59. The third kappa shape index (κ3) is 3.09. The molecule has 0 heterocycles. The second kappa shape index (κ2) is 4.06. The van der Waals surface area contributed by atoms with Gasteiger partial charge in [0.05, 0.1) is 0 Å². The minimum atomic E-state index is -5.24. The molecular weight excluding hydrogens is 229 g/mol. The largest absolute Gasteiger partial charge is 0.501 e. The number of hydrogen-bond acceptors (Lipinski definition) is 2. The Morgan fingerprint density at radius 1 is 1.07 bits per heavy atom. The van der Waals surface area contributed by atoms with Crippen molar-refractivity contribution >= 4 is 15.9 Å². The zero-order chi connectivity index (χ0) is 11.5. The van der Waals surface area contributed by atoms with Crippen LogP contribution in [0.15, 0.2) is 35.7 Å².